The highest BCUT2D eigenvalue weighted by Gasteiger charge is 2.21. The van der Waals surface area contributed by atoms with Crippen molar-refractivity contribution >= 4 is 7.60 Å². The molecule has 0 heterocycles. The zero-order chi connectivity index (χ0) is 20.9. The van der Waals surface area contributed by atoms with Crippen molar-refractivity contribution < 1.29 is 23.8 Å². The molecule has 0 radical (unpaired) electrons. The molecule has 170 valence electrons. The van der Waals surface area contributed by atoms with Gasteiger partial charge in [-0.15, -0.1) is 0 Å². The third-order valence-corrected chi connectivity index (χ3v) is 6.10. The van der Waals surface area contributed by atoms with Crippen LogP contribution in [0.1, 0.15) is 110 Å². The average Bonchev–Trinajstić information content (AvgIpc) is 2.65. The molecule has 0 bridgehead atoms. The Kier molecular flexibility index (Phi) is 20.4. The summed E-state index contributed by atoms with van der Waals surface area (Å²) in [7, 11) is -2.58. The van der Waals surface area contributed by atoms with Crippen molar-refractivity contribution in [2.75, 3.05) is 26.5 Å². The maximum absolute atomic E-state index is 11.0. The predicted molar refractivity (Wildman–Crippen MR) is 118 cm³/mol. The Bertz CT molecular complexity index is 359. The maximum Gasteiger partial charge on any atom is 0.328 e. The summed E-state index contributed by atoms with van der Waals surface area (Å²) in [5, 5.41) is 0. The first-order valence-electron chi connectivity index (χ1n) is 11.6. The quantitative estimate of drug-likeness (QED) is 0.155. The van der Waals surface area contributed by atoms with E-state index in [-0.39, 0.29) is 12.8 Å². The van der Waals surface area contributed by atoms with E-state index in [1.165, 1.54) is 97.0 Å². The van der Waals surface area contributed by atoms with Crippen LogP contribution in [-0.2, 0) is 14.0 Å². The van der Waals surface area contributed by atoms with Gasteiger partial charge in [0.25, 0.3) is 0 Å². The van der Waals surface area contributed by atoms with Gasteiger partial charge in [0.15, 0.2) is 0 Å². The van der Waals surface area contributed by atoms with Crippen LogP contribution in [0, 0.1) is 0 Å². The summed E-state index contributed by atoms with van der Waals surface area (Å²) < 4.78 is 21.5. The minimum Gasteiger partial charge on any atom is -0.379 e. The van der Waals surface area contributed by atoms with Gasteiger partial charge in [-0.25, -0.2) is 0 Å². The number of hydrogen-bond donors (Lipinski definition) is 2. The molecule has 1 atom stereocenters. The third-order valence-electron chi connectivity index (χ3n) is 5.22. The minimum atomic E-state index is -4.04. The summed E-state index contributed by atoms with van der Waals surface area (Å²) in [5.74, 6) is 0. The van der Waals surface area contributed by atoms with Gasteiger partial charge >= 0.3 is 7.60 Å². The second-order valence-electron chi connectivity index (χ2n) is 8.08. The van der Waals surface area contributed by atoms with E-state index in [1.54, 1.807) is 0 Å². The van der Waals surface area contributed by atoms with Crippen molar-refractivity contribution in [1.29, 1.82) is 0 Å². The fraction of sp³-hybridized carbons (Fsp3) is 1.00. The Hall–Kier alpha value is 0.0700. The van der Waals surface area contributed by atoms with Crippen molar-refractivity contribution in [3.05, 3.63) is 0 Å². The minimum absolute atomic E-state index is 0.250. The maximum atomic E-state index is 11.0. The Morgan fingerprint density at radius 3 is 1.46 bits per heavy atom. The summed E-state index contributed by atoms with van der Waals surface area (Å²) in [6.07, 6.45) is 20.7. The molecule has 0 aromatic carbocycles. The van der Waals surface area contributed by atoms with Crippen LogP contribution in [0.2, 0.25) is 0 Å². The van der Waals surface area contributed by atoms with Crippen molar-refractivity contribution in [1.82, 2.24) is 0 Å². The topological polar surface area (TPSA) is 76.0 Å². The molecule has 2 N–H and O–H groups in total. The summed E-state index contributed by atoms with van der Waals surface area (Å²) in [6.45, 7) is 3.16. The fourth-order valence-electron chi connectivity index (χ4n) is 3.43. The first kappa shape index (κ1) is 28.1. The zero-order valence-corrected chi connectivity index (χ0v) is 19.5. The second-order valence-corrected chi connectivity index (χ2v) is 9.78. The van der Waals surface area contributed by atoms with Crippen molar-refractivity contribution in [2.24, 2.45) is 0 Å². The number of hydrogen-bond acceptors (Lipinski definition) is 3. The lowest BCUT2D eigenvalue weighted by molar-refractivity contribution is 0.0169. The van der Waals surface area contributed by atoms with Crippen LogP contribution in [0.3, 0.4) is 0 Å². The predicted octanol–water partition coefficient (Wildman–Crippen LogP) is 6.46. The normalized spacial score (nSPS) is 13.1. The Morgan fingerprint density at radius 1 is 0.714 bits per heavy atom. The first-order valence-corrected chi connectivity index (χ1v) is 13.4. The highest BCUT2D eigenvalue weighted by atomic mass is 31.2. The van der Waals surface area contributed by atoms with E-state index in [2.05, 4.69) is 6.92 Å². The number of methoxy groups -OCH3 is 1. The monoisotopic (exact) mass is 422 g/mol. The van der Waals surface area contributed by atoms with Crippen LogP contribution in [0.4, 0.5) is 0 Å². The van der Waals surface area contributed by atoms with Crippen LogP contribution >= 0.6 is 7.60 Å². The average molecular weight is 423 g/mol. The Morgan fingerprint density at radius 2 is 1.11 bits per heavy atom. The van der Waals surface area contributed by atoms with Crippen molar-refractivity contribution in [2.45, 2.75) is 116 Å². The molecule has 28 heavy (non-hydrogen) atoms. The molecule has 0 unspecified atom stereocenters. The lowest BCUT2D eigenvalue weighted by Crippen LogP contribution is -2.23. The van der Waals surface area contributed by atoms with Gasteiger partial charge in [-0.1, -0.05) is 103 Å². The summed E-state index contributed by atoms with van der Waals surface area (Å²) in [4.78, 5) is 17.9. The van der Waals surface area contributed by atoms with Gasteiger partial charge in [0, 0.05) is 13.7 Å². The largest absolute Gasteiger partial charge is 0.379 e. The molecular weight excluding hydrogens is 375 g/mol. The van der Waals surface area contributed by atoms with Gasteiger partial charge in [-0.2, -0.15) is 0 Å². The molecule has 6 heteroatoms. The van der Waals surface area contributed by atoms with E-state index in [0.717, 1.165) is 12.8 Å². The first-order chi connectivity index (χ1) is 13.5. The second kappa shape index (κ2) is 20.3. The van der Waals surface area contributed by atoms with E-state index >= 15 is 0 Å². The molecule has 0 aliphatic carbocycles. The third kappa shape index (κ3) is 22.4. The highest BCUT2D eigenvalue weighted by molar-refractivity contribution is 7.51. The van der Waals surface area contributed by atoms with Crippen LogP contribution in [0.5, 0.6) is 0 Å². The van der Waals surface area contributed by atoms with Crippen LogP contribution in [0.15, 0.2) is 0 Å². The molecule has 0 aliphatic rings. The van der Waals surface area contributed by atoms with Crippen molar-refractivity contribution in [3.8, 4) is 0 Å². The summed E-state index contributed by atoms with van der Waals surface area (Å²) in [6, 6.07) is 0. The number of rotatable bonds is 22. The molecule has 0 saturated carbocycles. The molecule has 0 saturated heterocycles. The Labute approximate surface area is 174 Å². The van der Waals surface area contributed by atoms with E-state index in [4.69, 9.17) is 19.3 Å². The lowest BCUT2D eigenvalue weighted by atomic mass is 10.0. The molecule has 0 rings (SSSR count). The van der Waals surface area contributed by atoms with E-state index < -0.39 is 13.7 Å². The van der Waals surface area contributed by atoms with Crippen LogP contribution in [-0.4, -0.2) is 42.4 Å². The lowest BCUT2D eigenvalue weighted by Gasteiger charge is -2.16. The summed E-state index contributed by atoms with van der Waals surface area (Å²) in [5.41, 5.74) is 0. The summed E-state index contributed by atoms with van der Waals surface area (Å²) >= 11 is 0. The van der Waals surface area contributed by atoms with E-state index in [0.29, 0.717) is 6.61 Å². The molecule has 5 nitrogen and oxygen atoms in total. The molecule has 0 amide bonds. The van der Waals surface area contributed by atoms with Crippen molar-refractivity contribution in [3.63, 3.8) is 0 Å². The van der Waals surface area contributed by atoms with E-state index in [9.17, 15) is 4.57 Å². The van der Waals surface area contributed by atoms with Crippen LogP contribution < -0.4 is 0 Å². The number of unbranched alkanes of at least 4 members (excludes halogenated alkanes) is 15. The molecule has 0 aliphatic heterocycles. The van der Waals surface area contributed by atoms with Gasteiger partial charge in [0.05, 0.1) is 18.9 Å². The standard InChI is InChI=1S/C22H47O5P/c1-3-4-5-6-7-8-9-10-11-12-13-14-15-16-17-18-19-27-20-22(26-2)21-28(23,24)25/h22H,3-21H2,1-2H3,(H2,23,24,25)/t22-/m1/s1. The molecule has 0 aromatic heterocycles. The molecule has 0 fully saturated rings. The van der Waals surface area contributed by atoms with Gasteiger partial charge in [0.2, 0.25) is 0 Å². The smallest absolute Gasteiger partial charge is 0.328 e. The molecule has 0 aromatic rings. The van der Waals surface area contributed by atoms with Crippen LogP contribution in [0.25, 0.3) is 0 Å². The molecule has 0 spiro atoms. The highest BCUT2D eigenvalue weighted by Crippen LogP contribution is 2.35. The number of ether oxygens (including phenoxy) is 2. The van der Waals surface area contributed by atoms with Gasteiger partial charge in [-0.3, -0.25) is 4.57 Å². The van der Waals surface area contributed by atoms with Gasteiger partial charge < -0.3 is 19.3 Å². The zero-order valence-electron chi connectivity index (χ0n) is 18.6. The molecular formula is C22H47O5P. The van der Waals surface area contributed by atoms with E-state index in [1.807, 2.05) is 0 Å². The van der Waals surface area contributed by atoms with Gasteiger partial charge in [0.1, 0.15) is 0 Å². The fourth-order valence-corrected chi connectivity index (χ4v) is 4.21. The van der Waals surface area contributed by atoms with Gasteiger partial charge in [-0.05, 0) is 6.42 Å². The Balaban J connectivity index is 3.20. The SMILES string of the molecule is CCCCCCCCCCCCCCCCCCOC[C@H](CP(=O)(O)O)OC.